The molecule has 6 aromatic rings. The number of thiophene rings is 1. The van der Waals surface area contributed by atoms with Crippen molar-refractivity contribution in [3.05, 3.63) is 77.8 Å². The summed E-state index contributed by atoms with van der Waals surface area (Å²) >= 11 is 1.70. The van der Waals surface area contributed by atoms with Gasteiger partial charge in [-0.15, -0.1) is 0 Å². The van der Waals surface area contributed by atoms with Gasteiger partial charge in [-0.2, -0.15) is 16.4 Å². The van der Waals surface area contributed by atoms with Crippen LogP contribution in [-0.4, -0.2) is 26.1 Å². The predicted molar refractivity (Wildman–Crippen MR) is 151 cm³/mol. The van der Waals surface area contributed by atoms with E-state index in [0.717, 1.165) is 70.3 Å². The number of carbonyl (C=O) groups is 1. The molecule has 7 rings (SSSR count). The van der Waals surface area contributed by atoms with E-state index in [1.807, 2.05) is 18.3 Å². The van der Waals surface area contributed by atoms with Crippen LogP contribution in [0.3, 0.4) is 0 Å². The average Bonchev–Trinajstić information content (AvgIpc) is 3.74. The van der Waals surface area contributed by atoms with Crippen molar-refractivity contribution < 1.29 is 4.79 Å². The number of amides is 1. The molecule has 4 heterocycles. The van der Waals surface area contributed by atoms with Gasteiger partial charge >= 0.3 is 0 Å². The van der Waals surface area contributed by atoms with Gasteiger partial charge in [0.2, 0.25) is 5.91 Å². The third kappa shape index (κ3) is 4.01. The maximum atomic E-state index is 12.6. The summed E-state index contributed by atoms with van der Waals surface area (Å²) < 4.78 is 0. The van der Waals surface area contributed by atoms with Crippen LogP contribution in [0.25, 0.3) is 55.4 Å². The molecule has 182 valence electrons. The molecule has 0 saturated heterocycles. The summed E-state index contributed by atoms with van der Waals surface area (Å²) in [6, 6.07) is 18.9. The van der Waals surface area contributed by atoms with Crippen molar-refractivity contribution in [3.63, 3.8) is 0 Å². The number of aromatic nitrogens is 4. The Balaban J connectivity index is 1.25. The predicted octanol–water partition coefficient (Wildman–Crippen LogP) is 7.63. The third-order valence-corrected chi connectivity index (χ3v) is 8.06. The summed E-state index contributed by atoms with van der Waals surface area (Å²) in [5, 5.41) is 17.4. The third-order valence-electron chi connectivity index (χ3n) is 7.38. The number of anilines is 1. The topological polar surface area (TPSA) is 86.5 Å². The molecule has 6 nitrogen and oxygen atoms in total. The lowest BCUT2D eigenvalue weighted by Crippen LogP contribution is -2.20. The second-order valence-electron chi connectivity index (χ2n) is 9.73. The molecule has 4 aromatic heterocycles. The quantitative estimate of drug-likeness (QED) is 0.226. The Morgan fingerprint density at radius 1 is 0.919 bits per heavy atom. The lowest BCUT2D eigenvalue weighted by molar-refractivity contribution is -0.119. The Labute approximate surface area is 217 Å². The lowest BCUT2D eigenvalue weighted by atomic mass is 10.0. The first-order valence-corrected chi connectivity index (χ1v) is 13.6. The van der Waals surface area contributed by atoms with E-state index >= 15 is 0 Å². The Hall–Kier alpha value is -4.23. The fraction of sp³-hybridized carbons (Fsp3) is 0.167. The SMILES string of the molecule is O=C(Nc1cncc(-c2ccc3[nH]nc(-c4cc5c(-c6ccsc6)cccc5[nH]4)c3c2)c1)C1CCCC1. The van der Waals surface area contributed by atoms with Crippen LogP contribution in [-0.2, 0) is 4.79 Å². The lowest BCUT2D eigenvalue weighted by Gasteiger charge is -2.11. The molecule has 0 bridgehead atoms. The van der Waals surface area contributed by atoms with Crippen LogP contribution in [0.5, 0.6) is 0 Å². The van der Waals surface area contributed by atoms with Crippen LogP contribution in [0.15, 0.2) is 77.8 Å². The van der Waals surface area contributed by atoms with Crippen molar-refractivity contribution in [3.8, 4) is 33.6 Å². The van der Waals surface area contributed by atoms with Crippen molar-refractivity contribution in [1.82, 2.24) is 20.2 Å². The van der Waals surface area contributed by atoms with Gasteiger partial charge in [0, 0.05) is 34.0 Å². The van der Waals surface area contributed by atoms with Gasteiger partial charge in [0.25, 0.3) is 0 Å². The van der Waals surface area contributed by atoms with Crippen molar-refractivity contribution in [2.24, 2.45) is 5.92 Å². The van der Waals surface area contributed by atoms with Gasteiger partial charge in [0.15, 0.2) is 0 Å². The second kappa shape index (κ2) is 9.01. The summed E-state index contributed by atoms with van der Waals surface area (Å²) in [5.74, 6) is 0.217. The summed E-state index contributed by atoms with van der Waals surface area (Å²) in [7, 11) is 0. The van der Waals surface area contributed by atoms with Crippen molar-refractivity contribution >= 4 is 44.7 Å². The van der Waals surface area contributed by atoms with E-state index in [-0.39, 0.29) is 11.8 Å². The van der Waals surface area contributed by atoms with Crippen molar-refractivity contribution in [1.29, 1.82) is 0 Å². The smallest absolute Gasteiger partial charge is 0.227 e. The minimum absolute atomic E-state index is 0.102. The van der Waals surface area contributed by atoms with Crippen LogP contribution in [0.4, 0.5) is 5.69 Å². The van der Waals surface area contributed by atoms with E-state index in [1.165, 1.54) is 16.5 Å². The number of pyridine rings is 1. The van der Waals surface area contributed by atoms with Crippen LogP contribution >= 0.6 is 11.3 Å². The fourth-order valence-electron chi connectivity index (χ4n) is 5.45. The summed E-state index contributed by atoms with van der Waals surface area (Å²) in [5.41, 5.74) is 9.05. The van der Waals surface area contributed by atoms with Gasteiger partial charge in [-0.1, -0.05) is 31.0 Å². The molecule has 1 saturated carbocycles. The average molecular weight is 504 g/mol. The molecule has 1 aliphatic rings. The first-order valence-electron chi connectivity index (χ1n) is 12.6. The maximum absolute atomic E-state index is 12.6. The number of fused-ring (bicyclic) bond motifs is 2. The van der Waals surface area contributed by atoms with Crippen LogP contribution in [0, 0.1) is 5.92 Å². The highest BCUT2D eigenvalue weighted by Crippen LogP contribution is 2.36. The first-order chi connectivity index (χ1) is 18.2. The Kier molecular flexibility index (Phi) is 5.36. The number of nitrogens with one attached hydrogen (secondary N) is 3. The second-order valence-corrected chi connectivity index (χ2v) is 10.5. The van der Waals surface area contributed by atoms with Gasteiger partial charge < -0.3 is 10.3 Å². The van der Waals surface area contributed by atoms with E-state index in [4.69, 9.17) is 0 Å². The highest BCUT2D eigenvalue weighted by atomic mass is 32.1. The zero-order chi connectivity index (χ0) is 24.8. The zero-order valence-electron chi connectivity index (χ0n) is 20.1. The number of nitrogens with zero attached hydrogens (tertiary/aromatic N) is 2. The van der Waals surface area contributed by atoms with Gasteiger partial charge in [-0.05, 0) is 76.7 Å². The molecule has 3 N–H and O–H groups in total. The number of hydrogen-bond donors (Lipinski definition) is 3. The molecule has 0 atom stereocenters. The van der Waals surface area contributed by atoms with Gasteiger partial charge in [-0.25, -0.2) is 0 Å². The van der Waals surface area contributed by atoms with Gasteiger partial charge in [-0.3, -0.25) is 14.9 Å². The Bertz CT molecular complexity index is 1740. The number of hydrogen-bond acceptors (Lipinski definition) is 4. The molecule has 0 aliphatic heterocycles. The molecule has 0 spiro atoms. The summed E-state index contributed by atoms with van der Waals surface area (Å²) in [6.45, 7) is 0. The molecule has 1 fully saturated rings. The summed E-state index contributed by atoms with van der Waals surface area (Å²) in [6.07, 6.45) is 7.77. The minimum Gasteiger partial charge on any atom is -0.353 e. The minimum atomic E-state index is 0.102. The molecule has 7 heteroatoms. The molecular weight excluding hydrogens is 478 g/mol. The largest absolute Gasteiger partial charge is 0.353 e. The maximum Gasteiger partial charge on any atom is 0.227 e. The zero-order valence-corrected chi connectivity index (χ0v) is 20.9. The van der Waals surface area contributed by atoms with E-state index in [1.54, 1.807) is 17.5 Å². The molecule has 2 aromatic carbocycles. The molecule has 37 heavy (non-hydrogen) atoms. The van der Waals surface area contributed by atoms with Gasteiger partial charge in [0.05, 0.1) is 23.1 Å². The molecular formula is C30H25N5OS. The monoisotopic (exact) mass is 503 g/mol. The van der Waals surface area contributed by atoms with E-state index in [2.05, 4.69) is 78.7 Å². The van der Waals surface area contributed by atoms with E-state index < -0.39 is 0 Å². The van der Waals surface area contributed by atoms with Crippen LogP contribution < -0.4 is 5.32 Å². The Morgan fingerprint density at radius 2 is 1.84 bits per heavy atom. The van der Waals surface area contributed by atoms with E-state index in [9.17, 15) is 4.79 Å². The number of rotatable bonds is 5. The van der Waals surface area contributed by atoms with Crippen molar-refractivity contribution in [2.45, 2.75) is 25.7 Å². The highest BCUT2D eigenvalue weighted by molar-refractivity contribution is 7.08. The first kappa shape index (κ1) is 22.0. The highest BCUT2D eigenvalue weighted by Gasteiger charge is 2.23. The standard InChI is InChI=1S/C30H25N5OS/c36-30(18-4-1-2-5-18)32-22-12-21(15-31-16-22)19-8-9-27-25(13-19)29(35-34-27)28-14-24-23(20-10-11-37-17-20)6-3-7-26(24)33-28/h3,6-18,33H,1-2,4-5H2,(H,32,36)(H,34,35). The number of carbonyl (C=O) groups excluding carboxylic acids is 1. The van der Waals surface area contributed by atoms with Gasteiger partial charge in [0.1, 0.15) is 5.69 Å². The fourth-order valence-corrected chi connectivity index (χ4v) is 6.11. The normalized spacial score (nSPS) is 14.1. The molecule has 0 unspecified atom stereocenters. The molecule has 0 radical (unpaired) electrons. The van der Waals surface area contributed by atoms with E-state index in [0.29, 0.717) is 0 Å². The van der Waals surface area contributed by atoms with Crippen molar-refractivity contribution in [2.75, 3.05) is 5.32 Å². The number of benzene rings is 2. The van der Waals surface area contributed by atoms with Crippen LogP contribution in [0.2, 0.25) is 0 Å². The molecule has 1 aliphatic carbocycles. The Morgan fingerprint density at radius 3 is 2.70 bits per heavy atom. The number of aromatic amines is 2. The molecule has 1 amide bonds. The number of H-pyrrole nitrogens is 2. The van der Waals surface area contributed by atoms with Crippen LogP contribution in [0.1, 0.15) is 25.7 Å². The summed E-state index contributed by atoms with van der Waals surface area (Å²) in [4.78, 5) is 20.6.